The Morgan fingerprint density at radius 2 is 1.65 bits per heavy atom. The van der Waals surface area contributed by atoms with Crippen LogP contribution in [0, 0.1) is 5.92 Å². The minimum atomic E-state index is -3.09. The normalized spacial score (nSPS) is 15.4. The summed E-state index contributed by atoms with van der Waals surface area (Å²) in [4.78, 5) is 31.4. The number of carbonyl (C=O) groups is 2. The lowest BCUT2D eigenvalue weighted by Crippen LogP contribution is -2.55. The van der Waals surface area contributed by atoms with E-state index in [1.165, 1.54) is 42.7 Å². The maximum Gasteiger partial charge on any atom is 0.387 e. The Morgan fingerprint density at radius 1 is 1.00 bits per heavy atom. The molecule has 1 aliphatic rings. The first-order chi connectivity index (χ1) is 20.3. The predicted octanol–water partition coefficient (Wildman–Crippen LogP) is 6.80. The molecule has 2 aromatic carbocycles. The number of pyridine rings is 1. The molecule has 1 saturated carbocycles. The first-order valence-corrected chi connectivity index (χ1v) is 14.3. The zero-order valence-electron chi connectivity index (χ0n) is 23.8. The smallest absolute Gasteiger partial charge is 0.387 e. The van der Waals surface area contributed by atoms with Gasteiger partial charge in [0.15, 0.2) is 11.5 Å². The van der Waals surface area contributed by atoms with Crippen LogP contribution in [0.15, 0.2) is 60.9 Å². The molecule has 43 heavy (non-hydrogen) atoms. The minimum Gasteiger partial charge on any atom is -0.489 e. The van der Waals surface area contributed by atoms with Crippen molar-refractivity contribution in [3.8, 4) is 11.5 Å². The number of hydrogen-bond acceptors (Lipinski definition) is 8. The highest BCUT2D eigenvalue weighted by Gasteiger charge is 2.49. The van der Waals surface area contributed by atoms with E-state index in [9.17, 15) is 18.4 Å². The molecule has 0 aliphatic heterocycles. The molecule has 0 spiro atoms. The lowest BCUT2D eigenvalue weighted by molar-refractivity contribution is -0.175. The van der Waals surface area contributed by atoms with Gasteiger partial charge in [0, 0.05) is 18.8 Å². The fourth-order valence-corrected chi connectivity index (χ4v) is 4.69. The zero-order valence-corrected chi connectivity index (χ0v) is 25.3. The van der Waals surface area contributed by atoms with Crippen LogP contribution in [0.4, 0.5) is 8.78 Å². The summed E-state index contributed by atoms with van der Waals surface area (Å²) in [6.45, 7) is 2.14. The van der Waals surface area contributed by atoms with Crippen molar-refractivity contribution in [1.29, 1.82) is 0 Å². The van der Waals surface area contributed by atoms with Crippen LogP contribution in [-0.4, -0.2) is 35.7 Å². The number of nitrogens with two attached hydrogens (primary N) is 1. The van der Waals surface area contributed by atoms with Crippen LogP contribution in [0.2, 0.25) is 10.0 Å². The number of carbonyl (C=O) groups excluding carboxylic acids is 2. The number of ether oxygens (including phenoxy) is 4. The van der Waals surface area contributed by atoms with Gasteiger partial charge >= 0.3 is 18.6 Å². The van der Waals surface area contributed by atoms with Crippen molar-refractivity contribution in [2.75, 3.05) is 6.61 Å². The van der Waals surface area contributed by atoms with Crippen molar-refractivity contribution < 1.29 is 37.3 Å². The van der Waals surface area contributed by atoms with E-state index in [-0.39, 0.29) is 33.5 Å². The average molecular weight is 638 g/mol. The van der Waals surface area contributed by atoms with Crippen molar-refractivity contribution in [1.82, 2.24) is 4.98 Å². The van der Waals surface area contributed by atoms with Crippen LogP contribution >= 0.6 is 23.2 Å². The molecular weight excluding hydrogens is 605 g/mol. The predicted molar refractivity (Wildman–Crippen MR) is 156 cm³/mol. The second kappa shape index (κ2) is 13.4. The quantitative estimate of drug-likeness (QED) is 0.171. The summed E-state index contributed by atoms with van der Waals surface area (Å²) in [5.41, 5.74) is 4.08. The summed E-state index contributed by atoms with van der Waals surface area (Å²) in [5, 5.41) is 0.399. The van der Waals surface area contributed by atoms with Gasteiger partial charge in [0.1, 0.15) is 11.7 Å². The number of benzene rings is 2. The highest BCUT2D eigenvalue weighted by molar-refractivity contribution is 6.35. The third-order valence-corrected chi connectivity index (χ3v) is 7.24. The number of alkyl halides is 2. The number of rotatable bonds is 12. The molecule has 1 fully saturated rings. The molecule has 1 heterocycles. The first kappa shape index (κ1) is 32.4. The van der Waals surface area contributed by atoms with Crippen LogP contribution in [0.3, 0.4) is 0 Å². The largest absolute Gasteiger partial charge is 0.489 e. The van der Waals surface area contributed by atoms with Crippen molar-refractivity contribution in [2.24, 2.45) is 11.7 Å². The molecule has 8 nitrogen and oxygen atoms in total. The Morgan fingerprint density at radius 3 is 2.23 bits per heavy atom. The standard InChI is InChI=1S/C31H32Cl2F2N2O6/c1-30(2,3)43-28(39)31(36,20-7-5-4-6-8-20)27(38)41-25(14-21-22(32)15-37-16-23(21)33)19-11-12-24(42-29(34)35)26(13-19)40-17-18-9-10-18/h4-8,11-13,15-16,18,25,29H,9-10,14,17,36H2,1-3H3/t25?,31-/m1/s1. The van der Waals surface area contributed by atoms with Crippen LogP contribution in [0.1, 0.15) is 56.4 Å². The molecule has 12 heteroatoms. The van der Waals surface area contributed by atoms with Gasteiger partial charge in [-0.3, -0.25) is 4.98 Å². The third kappa shape index (κ3) is 8.34. The van der Waals surface area contributed by atoms with Gasteiger partial charge in [-0.2, -0.15) is 8.78 Å². The number of esters is 2. The number of hydrogen-bond donors (Lipinski definition) is 1. The first-order valence-electron chi connectivity index (χ1n) is 13.6. The molecule has 230 valence electrons. The molecule has 2 N–H and O–H groups in total. The number of aromatic nitrogens is 1. The monoisotopic (exact) mass is 636 g/mol. The van der Waals surface area contributed by atoms with Crippen molar-refractivity contribution in [2.45, 2.75) is 63.9 Å². The van der Waals surface area contributed by atoms with Crippen LogP contribution in [0.5, 0.6) is 11.5 Å². The van der Waals surface area contributed by atoms with Gasteiger partial charge in [-0.1, -0.05) is 59.6 Å². The maximum atomic E-state index is 14.0. The minimum absolute atomic E-state index is 0.0342. The van der Waals surface area contributed by atoms with Gasteiger partial charge in [-0.05, 0) is 68.4 Å². The summed E-state index contributed by atoms with van der Waals surface area (Å²) in [5.74, 6) is -1.98. The van der Waals surface area contributed by atoms with Gasteiger partial charge in [-0.15, -0.1) is 0 Å². The fourth-order valence-electron chi connectivity index (χ4n) is 4.17. The Bertz CT molecular complexity index is 1430. The van der Waals surface area contributed by atoms with Gasteiger partial charge in [0.25, 0.3) is 0 Å². The summed E-state index contributed by atoms with van der Waals surface area (Å²) in [7, 11) is 0. The van der Waals surface area contributed by atoms with Crippen molar-refractivity contribution in [3.05, 3.63) is 87.7 Å². The van der Waals surface area contributed by atoms with Crippen LogP contribution in [0.25, 0.3) is 0 Å². The maximum absolute atomic E-state index is 14.0. The highest BCUT2D eigenvalue weighted by atomic mass is 35.5. The lowest BCUT2D eigenvalue weighted by Gasteiger charge is -2.31. The molecule has 4 rings (SSSR count). The Kier molecular flexibility index (Phi) is 10.1. The fraction of sp³-hybridized carbons (Fsp3) is 0.387. The van der Waals surface area contributed by atoms with Gasteiger partial charge < -0.3 is 24.7 Å². The zero-order chi connectivity index (χ0) is 31.4. The van der Waals surface area contributed by atoms with E-state index in [0.717, 1.165) is 12.8 Å². The molecular formula is C31H32Cl2F2N2O6. The summed E-state index contributed by atoms with van der Waals surface area (Å²) in [6.07, 6.45) is 3.44. The SMILES string of the molecule is CC(C)(C)OC(=O)[C@](N)(C(=O)OC(Cc1c(Cl)cncc1Cl)c1ccc(OC(F)F)c(OCC2CC2)c1)c1ccccc1. The van der Waals surface area contributed by atoms with Gasteiger partial charge in [0.2, 0.25) is 5.54 Å². The van der Waals surface area contributed by atoms with E-state index in [2.05, 4.69) is 9.72 Å². The average Bonchev–Trinajstić information content (AvgIpc) is 3.77. The summed E-state index contributed by atoms with van der Waals surface area (Å²) >= 11 is 12.8. The van der Waals surface area contributed by atoms with Gasteiger partial charge in [0.05, 0.1) is 16.7 Å². The van der Waals surface area contributed by atoms with Gasteiger partial charge in [-0.25, -0.2) is 9.59 Å². The molecule has 0 saturated heterocycles. The summed E-state index contributed by atoms with van der Waals surface area (Å²) in [6, 6.07) is 12.1. The number of nitrogens with zero attached hydrogens (tertiary/aromatic N) is 1. The second-order valence-corrected chi connectivity index (χ2v) is 12.0. The Balaban J connectivity index is 1.77. The molecule has 2 atom stereocenters. The van der Waals surface area contributed by atoms with E-state index in [1.807, 2.05) is 0 Å². The van der Waals surface area contributed by atoms with Crippen molar-refractivity contribution >= 4 is 35.1 Å². The highest BCUT2D eigenvalue weighted by Crippen LogP contribution is 2.39. The molecule has 1 aliphatic carbocycles. The van der Waals surface area contributed by atoms with E-state index < -0.39 is 35.8 Å². The molecule has 3 aromatic rings. The molecule has 1 aromatic heterocycles. The molecule has 1 unspecified atom stereocenters. The van der Waals surface area contributed by atoms with Crippen molar-refractivity contribution in [3.63, 3.8) is 0 Å². The van der Waals surface area contributed by atoms with Crippen LogP contribution in [-0.2, 0) is 31.0 Å². The topological polar surface area (TPSA) is 110 Å². The van der Waals surface area contributed by atoms with E-state index in [4.69, 9.17) is 43.1 Å². The van der Waals surface area contributed by atoms with Crippen LogP contribution < -0.4 is 15.2 Å². The van der Waals surface area contributed by atoms with E-state index in [0.29, 0.717) is 23.7 Å². The number of halogens is 4. The Labute approximate surface area is 258 Å². The third-order valence-electron chi connectivity index (χ3n) is 6.59. The lowest BCUT2D eigenvalue weighted by atomic mass is 9.90. The molecule has 0 radical (unpaired) electrons. The molecule has 0 bridgehead atoms. The molecule has 0 amide bonds. The second-order valence-electron chi connectivity index (χ2n) is 11.2. The van der Waals surface area contributed by atoms with E-state index in [1.54, 1.807) is 39.0 Å². The summed E-state index contributed by atoms with van der Waals surface area (Å²) < 4.78 is 48.3. The Hall–Kier alpha value is -3.47. The van der Waals surface area contributed by atoms with E-state index >= 15 is 0 Å².